The van der Waals surface area contributed by atoms with Gasteiger partial charge >= 0.3 is 0 Å². The van der Waals surface area contributed by atoms with Gasteiger partial charge in [-0.25, -0.2) is 0 Å². The standard InChI is InChI=1S/C18H20BrNO/c1-13(2)15-8-6-14(7-9-15)10-11-20-18(21)16-4-3-5-17(19)12-16/h3-9,12-13H,10-11H2,1-2H3,(H,20,21). The van der Waals surface area contributed by atoms with Crippen molar-refractivity contribution in [3.05, 3.63) is 69.7 Å². The Kier molecular flexibility index (Phi) is 5.57. The van der Waals surface area contributed by atoms with Crippen LogP contribution in [0.1, 0.15) is 41.3 Å². The second-order valence-corrected chi connectivity index (χ2v) is 6.33. The Hall–Kier alpha value is -1.61. The fraction of sp³-hybridized carbons (Fsp3) is 0.278. The molecule has 0 radical (unpaired) electrons. The Morgan fingerprint density at radius 1 is 1.14 bits per heavy atom. The summed E-state index contributed by atoms with van der Waals surface area (Å²) >= 11 is 3.37. The first kappa shape index (κ1) is 15.8. The SMILES string of the molecule is CC(C)c1ccc(CCNC(=O)c2cccc(Br)c2)cc1. The Bertz CT molecular complexity index is 605. The van der Waals surface area contributed by atoms with E-state index < -0.39 is 0 Å². The summed E-state index contributed by atoms with van der Waals surface area (Å²) in [6, 6.07) is 16.0. The van der Waals surface area contributed by atoms with Gasteiger partial charge in [0.15, 0.2) is 0 Å². The van der Waals surface area contributed by atoms with E-state index in [-0.39, 0.29) is 5.91 Å². The largest absolute Gasteiger partial charge is 0.352 e. The quantitative estimate of drug-likeness (QED) is 0.846. The van der Waals surface area contributed by atoms with Crippen LogP contribution in [0.4, 0.5) is 0 Å². The molecule has 0 heterocycles. The van der Waals surface area contributed by atoms with Crippen LogP contribution in [0.15, 0.2) is 53.0 Å². The molecule has 2 rings (SSSR count). The Balaban J connectivity index is 1.85. The summed E-state index contributed by atoms with van der Waals surface area (Å²) in [6.45, 7) is 5.02. The van der Waals surface area contributed by atoms with Gasteiger partial charge < -0.3 is 5.32 Å². The van der Waals surface area contributed by atoms with E-state index in [1.807, 2.05) is 24.3 Å². The first-order valence-corrected chi connectivity index (χ1v) is 7.98. The zero-order chi connectivity index (χ0) is 15.2. The highest BCUT2D eigenvalue weighted by Crippen LogP contribution is 2.15. The smallest absolute Gasteiger partial charge is 0.251 e. The van der Waals surface area contributed by atoms with E-state index in [1.165, 1.54) is 11.1 Å². The molecule has 0 aliphatic heterocycles. The lowest BCUT2D eigenvalue weighted by molar-refractivity contribution is 0.0954. The lowest BCUT2D eigenvalue weighted by Gasteiger charge is -2.08. The van der Waals surface area contributed by atoms with E-state index >= 15 is 0 Å². The molecule has 2 aromatic carbocycles. The van der Waals surface area contributed by atoms with Crippen LogP contribution < -0.4 is 5.32 Å². The predicted octanol–water partition coefficient (Wildman–Crippen LogP) is 4.55. The molecule has 110 valence electrons. The number of hydrogen-bond acceptors (Lipinski definition) is 1. The van der Waals surface area contributed by atoms with Gasteiger partial charge in [-0.05, 0) is 41.7 Å². The minimum atomic E-state index is -0.0323. The second kappa shape index (κ2) is 7.41. The molecule has 0 aliphatic carbocycles. The van der Waals surface area contributed by atoms with Crippen LogP contribution in [-0.2, 0) is 6.42 Å². The van der Waals surface area contributed by atoms with Crippen molar-refractivity contribution in [1.29, 1.82) is 0 Å². The van der Waals surface area contributed by atoms with Gasteiger partial charge in [0, 0.05) is 16.6 Å². The molecule has 0 atom stereocenters. The second-order valence-electron chi connectivity index (χ2n) is 5.41. The van der Waals surface area contributed by atoms with Crippen LogP contribution in [0, 0.1) is 0 Å². The van der Waals surface area contributed by atoms with Gasteiger partial charge in [0.1, 0.15) is 0 Å². The normalized spacial score (nSPS) is 10.7. The molecule has 0 aromatic heterocycles. The summed E-state index contributed by atoms with van der Waals surface area (Å²) in [6.07, 6.45) is 0.845. The number of rotatable bonds is 5. The minimum absolute atomic E-state index is 0.0323. The van der Waals surface area contributed by atoms with Crippen molar-refractivity contribution in [2.75, 3.05) is 6.54 Å². The van der Waals surface area contributed by atoms with E-state index in [0.29, 0.717) is 18.0 Å². The van der Waals surface area contributed by atoms with E-state index in [4.69, 9.17) is 0 Å². The van der Waals surface area contributed by atoms with Crippen LogP contribution in [0.5, 0.6) is 0 Å². The predicted molar refractivity (Wildman–Crippen MR) is 90.7 cm³/mol. The zero-order valence-electron chi connectivity index (χ0n) is 12.4. The average molecular weight is 346 g/mol. The summed E-state index contributed by atoms with van der Waals surface area (Å²) in [5.41, 5.74) is 3.27. The van der Waals surface area contributed by atoms with Crippen molar-refractivity contribution in [1.82, 2.24) is 5.32 Å². The first-order valence-electron chi connectivity index (χ1n) is 7.19. The van der Waals surface area contributed by atoms with Gasteiger partial charge in [0.05, 0.1) is 0 Å². The number of carbonyl (C=O) groups is 1. The molecule has 1 amide bonds. The van der Waals surface area contributed by atoms with Crippen molar-refractivity contribution in [2.24, 2.45) is 0 Å². The van der Waals surface area contributed by atoms with Crippen LogP contribution in [0.2, 0.25) is 0 Å². The van der Waals surface area contributed by atoms with Crippen molar-refractivity contribution in [3.63, 3.8) is 0 Å². The maximum Gasteiger partial charge on any atom is 0.251 e. The molecule has 1 N–H and O–H groups in total. The molecular weight excluding hydrogens is 326 g/mol. The lowest BCUT2D eigenvalue weighted by atomic mass is 10.0. The number of amides is 1. The molecule has 0 fully saturated rings. The lowest BCUT2D eigenvalue weighted by Crippen LogP contribution is -2.25. The summed E-state index contributed by atoms with van der Waals surface area (Å²) in [5.74, 6) is 0.519. The van der Waals surface area contributed by atoms with Crippen LogP contribution >= 0.6 is 15.9 Å². The van der Waals surface area contributed by atoms with Crippen LogP contribution in [0.25, 0.3) is 0 Å². The van der Waals surface area contributed by atoms with Crippen molar-refractivity contribution >= 4 is 21.8 Å². The Labute approximate surface area is 134 Å². The zero-order valence-corrected chi connectivity index (χ0v) is 14.0. The van der Waals surface area contributed by atoms with Gasteiger partial charge in [0.25, 0.3) is 5.91 Å². The van der Waals surface area contributed by atoms with Crippen LogP contribution in [0.3, 0.4) is 0 Å². The van der Waals surface area contributed by atoms with Crippen molar-refractivity contribution in [3.8, 4) is 0 Å². The molecule has 0 saturated carbocycles. The number of halogens is 1. The Morgan fingerprint density at radius 2 is 1.86 bits per heavy atom. The maximum absolute atomic E-state index is 12.0. The van der Waals surface area contributed by atoms with Gasteiger partial charge in [0.2, 0.25) is 0 Å². The molecule has 2 nitrogen and oxygen atoms in total. The number of nitrogens with one attached hydrogen (secondary N) is 1. The topological polar surface area (TPSA) is 29.1 Å². The average Bonchev–Trinajstić information content (AvgIpc) is 2.47. The molecule has 0 unspecified atom stereocenters. The molecule has 3 heteroatoms. The third kappa shape index (κ3) is 4.71. The maximum atomic E-state index is 12.0. The fourth-order valence-corrected chi connectivity index (χ4v) is 2.52. The number of carbonyl (C=O) groups excluding carboxylic acids is 1. The van der Waals surface area contributed by atoms with Gasteiger partial charge in [-0.1, -0.05) is 60.1 Å². The summed E-state index contributed by atoms with van der Waals surface area (Å²) in [5, 5.41) is 2.95. The molecule has 21 heavy (non-hydrogen) atoms. The van der Waals surface area contributed by atoms with Crippen molar-refractivity contribution in [2.45, 2.75) is 26.2 Å². The molecular formula is C18H20BrNO. The monoisotopic (exact) mass is 345 g/mol. The summed E-state index contributed by atoms with van der Waals surface area (Å²) in [4.78, 5) is 12.0. The molecule has 0 bridgehead atoms. The number of benzene rings is 2. The number of hydrogen-bond donors (Lipinski definition) is 1. The molecule has 0 saturated heterocycles. The molecule has 2 aromatic rings. The molecule has 0 spiro atoms. The highest BCUT2D eigenvalue weighted by molar-refractivity contribution is 9.10. The van der Waals surface area contributed by atoms with Gasteiger partial charge in [-0.2, -0.15) is 0 Å². The minimum Gasteiger partial charge on any atom is -0.352 e. The fourth-order valence-electron chi connectivity index (χ4n) is 2.12. The van der Waals surface area contributed by atoms with E-state index in [9.17, 15) is 4.79 Å². The van der Waals surface area contributed by atoms with E-state index in [2.05, 4.69) is 59.4 Å². The highest BCUT2D eigenvalue weighted by atomic mass is 79.9. The Morgan fingerprint density at radius 3 is 2.48 bits per heavy atom. The van der Waals surface area contributed by atoms with E-state index in [0.717, 1.165) is 10.9 Å². The molecule has 0 aliphatic rings. The first-order chi connectivity index (χ1) is 10.1. The van der Waals surface area contributed by atoms with Gasteiger partial charge in [-0.3, -0.25) is 4.79 Å². The van der Waals surface area contributed by atoms with Crippen LogP contribution in [-0.4, -0.2) is 12.5 Å². The highest BCUT2D eigenvalue weighted by Gasteiger charge is 2.05. The third-order valence-electron chi connectivity index (χ3n) is 3.43. The summed E-state index contributed by atoms with van der Waals surface area (Å²) in [7, 11) is 0. The van der Waals surface area contributed by atoms with Gasteiger partial charge in [-0.15, -0.1) is 0 Å². The van der Waals surface area contributed by atoms with Crippen molar-refractivity contribution < 1.29 is 4.79 Å². The van der Waals surface area contributed by atoms with E-state index in [1.54, 1.807) is 0 Å². The third-order valence-corrected chi connectivity index (χ3v) is 3.93. The summed E-state index contributed by atoms with van der Waals surface area (Å²) < 4.78 is 0.916.